The van der Waals surface area contributed by atoms with Crippen LogP contribution in [0.4, 0.5) is 0 Å². The number of unbranched alkanes of at least 4 members (excludes halogenated alkanes) is 9. The van der Waals surface area contributed by atoms with E-state index in [0.29, 0.717) is 13.0 Å². The highest BCUT2D eigenvalue weighted by molar-refractivity contribution is 5.74. The van der Waals surface area contributed by atoms with Crippen LogP contribution >= 0.6 is 0 Å². The molecule has 1 rings (SSSR count). The summed E-state index contributed by atoms with van der Waals surface area (Å²) in [6, 6.07) is 6.47. The van der Waals surface area contributed by atoms with Gasteiger partial charge in [-0.2, -0.15) is 0 Å². The molecular formula is C21H36NO3+. The van der Waals surface area contributed by atoms with Gasteiger partial charge >= 0.3 is 5.97 Å². The van der Waals surface area contributed by atoms with E-state index < -0.39 is 6.04 Å². The third kappa shape index (κ3) is 10.8. The van der Waals surface area contributed by atoms with Gasteiger partial charge in [-0.3, -0.25) is 0 Å². The number of rotatable bonds is 14. The molecular weight excluding hydrogens is 314 g/mol. The van der Waals surface area contributed by atoms with Gasteiger partial charge in [0.1, 0.15) is 5.75 Å². The third-order valence-electron chi connectivity index (χ3n) is 4.49. The highest BCUT2D eigenvalue weighted by atomic mass is 16.5. The van der Waals surface area contributed by atoms with Crippen molar-refractivity contribution in [3.63, 3.8) is 0 Å². The Morgan fingerprint density at radius 2 is 1.48 bits per heavy atom. The van der Waals surface area contributed by atoms with Crippen LogP contribution in [0.3, 0.4) is 0 Å². The van der Waals surface area contributed by atoms with Gasteiger partial charge in [0.2, 0.25) is 0 Å². The molecule has 0 aliphatic rings. The molecule has 0 aromatic heterocycles. The van der Waals surface area contributed by atoms with Gasteiger partial charge in [-0.1, -0.05) is 76.8 Å². The fourth-order valence-electron chi connectivity index (χ4n) is 2.88. The summed E-state index contributed by atoms with van der Waals surface area (Å²) in [5.41, 5.74) is 4.87. The molecule has 0 saturated heterocycles. The molecule has 142 valence electrons. The Labute approximate surface area is 152 Å². The van der Waals surface area contributed by atoms with Crippen molar-refractivity contribution in [3.05, 3.63) is 29.8 Å². The van der Waals surface area contributed by atoms with Gasteiger partial charge < -0.3 is 15.6 Å². The zero-order valence-corrected chi connectivity index (χ0v) is 15.8. The fraction of sp³-hybridized carbons (Fsp3) is 0.667. The van der Waals surface area contributed by atoms with Crippen molar-refractivity contribution >= 4 is 5.97 Å². The summed E-state index contributed by atoms with van der Waals surface area (Å²) in [4.78, 5) is 11.9. The average Bonchev–Trinajstić information content (AvgIpc) is 2.61. The first-order valence-electron chi connectivity index (χ1n) is 9.91. The van der Waals surface area contributed by atoms with E-state index in [0.717, 1.165) is 18.4 Å². The Hall–Kier alpha value is -1.55. The largest absolute Gasteiger partial charge is 0.508 e. The zero-order chi connectivity index (χ0) is 18.3. The Bertz CT molecular complexity index is 459. The molecule has 1 unspecified atom stereocenters. The van der Waals surface area contributed by atoms with E-state index in [9.17, 15) is 9.90 Å². The van der Waals surface area contributed by atoms with Crippen LogP contribution in [0.5, 0.6) is 5.75 Å². The van der Waals surface area contributed by atoms with Crippen LogP contribution in [0.1, 0.15) is 76.7 Å². The summed E-state index contributed by atoms with van der Waals surface area (Å²) >= 11 is 0. The van der Waals surface area contributed by atoms with E-state index in [1.54, 1.807) is 12.1 Å². The van der Waals surface area contributed by atoms with Gasteiger partial charge in [0.05, 0.1) is 6.61 Å². The lowest BCUT2D eigenvalue weighted by atomic mass is 10.1. The highest BCUT2D eigenvalue weighted by Crippen LogP contribution is 2.12. The van der Waals surface area contributed by atoms with Crippen LogP contribution in [-0.4, -0.2) is 23.7 Å². The van der Waals surface area contributed by atoms with Crippen LogP contribution in [0, 0.1) is 0 Å². The topological polar surface area (TPSA) is 74.2 Å². The van der Waals surface area contributed by atoms with E-state index in [1.807, 2.05) is 12.1 Å². The number of hydrogen-bond donors (Lipinski definition) is 2. The van der Waals surface area contributed by atoms with Crippen molar-refractivity contribution in [2.75, 3.05) is 6.61 Å². The number of phenolic OH excluding ortho intramolecular Hbond substituents is 1. The average molecular weight is 351 g/mol. The summed E-state index contributed by atoms with van der Waals surface area (Å²) in [5, 5.41) is 9.26. The molecule has 0 fully saturated rings. The normalized spacial score (nSPS) is 12.1. The fourth-order valence-corrected chi connectivity index (χ4v) is 2.88. The maximum absolute atomic E-state index is 11.9. The number of carbonyl (C=O) groups excluding carboxylic acids is 1. The molecule has 0 spiro atoms. The lowest BCUT2D eigenvalue weighted by Gasteiger charge is -2.09. The predicted octanol–water partition coefficient (Wildman–Crippen LogP) is 4.01. The molecule has 0 saturated carbocycles. The first kappa shape index (κ1) is 21.5. The van der Waals surface area contributed by atoms with E-state index in [2.05, 4.69) is 12.7 Å². The molecule has 25 heavy (non-hydrogen) atoms. The lowest BCUT2D eigenvalue weighted by Crippen LogP contribution is -2.66. The minimum absolute atomic E-state index is 0.230. The Morgan fingerprint density at radius 3 is 2.04 bits per heavy atom. The summed E-state index contributed by atoms with van der Waals surface area (Å²) in [6.45, 7) is 2.74. The van der Waals surface area contributed by atoms with Gasteiger partial charge in [0.15, 0.2) is 6.04 Å². The van der Waals surface area contributed by atoms with Crippen molar-refractivity contribution in [3.8, 4) is 5.75 Å². The molecule has 1 aromatic carbocycles. The van der Waals surface area contributed by atoms with Gasteiger partial charge in [-0.05, 0) is 24.1 Å². The summed E-state index contributed by atoms with van der Waals surface area (Å²) in [7, 11) is 0. The molecule has 4 heteroatoms. The van der Waals surface area contributed by atoms with Gasteiger partial charge in [-0.15, -0.1) is 0 Å². The molecule has 0 aliphatic heterocycles. The number of ether oxygens (including phenoxy) is 1. The SMILES string of the molecule is CCCCCCCCCCCCOC(=O)C([NH3+])Cc1ccc(O)cc1. The number of carbonyl (C=O) groups is 1. The Morgan fingerprint density at radius 1 is 0.960 bits per heavy atom. The Kier molecular flexibility index (Phi) is 11.8. The lowest BCUT2D eigenvalue weighted by molar-refractivity contribution is -0.407. The number of aromatic hydroxyl groups is 1. The first-order valence-corrected chi connectivity index (χ1v) is 9.91. The quantitative estimate of drug-likeness (QED) is 0.393. The second kappa shape index (κ2) is 13.7. The molecule has 0 bridgehead atoms. The van der Waals surface area contributed by atoms with E-state index in [4.69, 9.17) is 4.74 Å². The van der Waals surface area contributed by atoms with E-state index in [-0.39, 0.29) is 11.7 Å². The van der Waals surface area contributed by atoms with Crippen molar-refractivity contribution in [1.82, 2.24) is 0 Å². The smallest absolute Gasteiger partial charge is 0.365 e. The molecule has 1 atom stereocenters. The zero-order valence-electron chi connectivity index (χ0n) is 15.8. The van der Waals surface area contributed by atoms with Gasteiger partial charge in [0.25, 0.3) is 0 Å². The van der Waals surface area contributed by atoms with E-state index >= 15 is 0 Å². The maximum Gasteiger partial charge on any atom is 0.365 e. The van der Waals surface area contributed by atoms with Crippen molar-refractivity contribution in [2.45, 2.75) is 83.6 Å². The summed E-state index contributed by atoms with van der Waals surface area (Å²) in [5.74, 6) is -0.00287. The second-order valence-corrected chi connectivity index (χ2v) is 6.92. The number of hydrogen-bond acceptors (Lipinski definition) is 3. The number of phenols is 1. The van der Waals surface area contributed by atoms with Crippen molar-refractivity contribution in [1.29, 1.82) is 0 Å². The van der Waals surface area contributed by atoms with Gasteiger partial charge in [0, 0.05) is 6.42 Å². The number of benzene rings is 1. The predicted molar refractivity (Wildman–Crippen MR) is 101 cm³/mol. The standard InChI is InChI=1S/C21H35NO3/c1-2-3-4-5-6-7-8-9-10-11-16-25-21(24)20(22)17-18-12-14-19(23)15-13-18/h12-15,20,23H,2-11,16-17,22H2,1H3/p+1. The number of quaternary nitrogens is 1. The van der Waals surface area contributed by atoms with E-state index in [1.165, 1.54) is 51.4 Å². The summed E-state index contributed by atoms with van der Waals surface area (Å²) < 4.78 is 5.32. The third-order valence-corrected chi connectivity index (χ3v) is 4.49. The van der Waals surface area contributed by atoms with Crippen molar-refractivity contribution in [2.24, 2.45) is 0 Å². The van der Waals surface area contributed by atoms with Crippen LogP contribution in [0.15, 0.2) is 24.3 Å². The van der Waals surface area contributed by atoms with Crippen LogP contribution in [-0.2, 0) is 16.0 Å². The van der Waals surface area contributed by atoms with Crippen LogP contribution in [0.2, 0.25) is 0 Å². The molecule has 0 radical (unpaired) electrons. The Balaban J connectivity index is 1.98. The second-order valence-electron chi connectivity index (χ2n) is 6.92. The van der Waals surface area contributed by atoms with Crippen LogP contribution < -0.4 is 5.73 Å². The molecule has 4 N–H and O–H groups in total. The van der Waals surface area contributed by atoms with Gasteiger partial charge in [-0.25, -0.2) is 4.79 Å². The number of esters is 1. The molecule has 0 heterocycles. The molecule has 4 nitrogen and oxygen atoms in total. The minimum Gasteiger partial charge on any atom is -0.508 e. The first-order chi connectivity index (χ1) is 12.1. The van der Waals surface area contributed by atoms with Crippen LogP contribution in [0.25, 0.3) is 0 Å². The maximum atomic E-state index is 11.9. The minimum atomic E-state index is -0.396. The van der Waals surface area contributed by atoms with Crippen molar-refractivity contribution < 1.29 is 20.4 Å². The summed E-state index contributed by atoms with van der Waals surface area (Å²) in [6.07, 6.45) is 13.2. The molecule has 1 aromatic rings. The monoisotopic (exact) mass is 350 g/mol. The molecule has 0 aliphatic carbocycles. The highest BCUT2D eigenvalue weighted by Gasteiger charge is 2.19. The molecule has 0 amide bonds.